The Labute approximate surface area is 223 Å². The van der Waals surface area contributed by atoms with Crippen LogP contribution in [-0.4, -0.2) is 65.7 Å². The number of carbonyl (C=O) groups excluding carboxylic acids is 1. The summed E-state index contributed by atoms with van der Waals surface area (Å²) in [6, 6.07) is 10.1. The van der Waals surface area contributed by atoms with Crippen LogP contribution in [0.5, 0.6) is 11.6 Å². The third-order valence-electron chi connectivity index (χ3n) is 6.20. The minimum Gasteiger partial charge on any atom is -0.437 e. The van der Waals surface area contributed by atoms with Crippen LogP contribution in [0.4, 0.5) is 5.69 Å². The zero-order chi connectivity index (χ0) is 27.0. The minimum absolute atomic E-state index is 0.0838. The summed E-state index contributed by atoms with van der Waals surface area (Å²) >= 11 is 6.04. The van der Waals surface area contributed by atoms with Crippen LogP contribution < -0.4 is 10.1 Å². The van der Waals surface area contributed by atoms with E-state index in [1.807, 2.05) is 0 Å². The monoisotopic (exact) mass is 561 g/mol. The summed E-state index contributed by atoms with van der Waals surface area (Å²) in [5, 5.41) is 19.3. The molecule has 200 valence electrons. The lowest BCUT2D eigenvalue weighted by molar-refractivity contribution is -0.385. The van der Waals surface area contributed by atoms with Crippen molar-refractivity contribution in [1.82, 2.24) is 19.4 Å². The normalized spacial score (nSPS) is 16.3. The second-order valence-corrected chi connectivity index (χ2v) is 11.3. The Hall–Kier alpha value is -3.52. The predicted molar refractivity (Wildman–Crippen MR) is 137 cm³/mol. The Morgan fingerprint density at radius 3 is 2.50 bits per heavy atom. The summed E-state index contributed by atoms with van der Waals surface area (Å²) in [6.45, 7) is 2.23. The van der Waals surface area contributed by atoms with E-state index in [1.165, 1.54) is 15.1 Å². The predicted octanol–water partition coefficient (Wildman–Crippen LogP) is 3.45. The SMILES string of the molecule is Cc1c(C(=O)NC2CC2)nn(-c2ccc(Cl)cc2)c1Oc1ccc([N+](=O)[O-])cc1S(=O)(=O)N1CCOCC1. The van der Waals surface area contributed by atoms with Gasteiger partial charge in [0.15, 0.2) is 5.69 Å². The number of halogens is 1. The van der Waals surface area contributed by atoms with E-state index in [1.54, 1.807) is 31.2 Å². The maximum Gasteiger partial charge on any atom is 0.272 e. The molecule has 1 aromatic heterocycles. The number of ether oxygens (including phenoxy) is 2. The highest BCUT2D eigenvalue weighted by Gasteiger charge is 2.33. The van der Waals surface area contributed by atoms with Crippen LogP contribution in [-0.2, 0) is 14.8 Å². The Morgan fingerprint density at radius 1 is 1.18 bits per heavy atom. The molecule has 1 aliphatic heterocycles. The Morgan fingerprint density at radius 2 is 1.87 bits per heavy atom. The molecule has 3 aromatic rings. The van der Waals surface area contributed by atoms with Gasteiger partial charge >= 0.3 is 0 Å². The second-order valence-electron chi connectivity index (χ2n) is 8.92. The van der Waals surface area contributed by atoms with Crippen molar-refractivity contribution >= 4 is 33.2 Å². The van der Waals surface area contributed by atoms with Crippen LogP contribution in [0.3, 0.4) is 0 Å². The molecule has 2 aliphatic rings. The lowest BCUT2D eigenvalue weighted by Crippen LogP contribution is -2.40. The first-order valence-electron chi connectivity index (χ1n) is 11.9. The van der Waals surface area contributed by atoms with Gasteiger partial charge in [-0.15, -0.1) is 0 Å². The van der Waals surface area contributed by atoms with Gasteiger partial charge < -0.3 is 14.8 Å². The van der Waals surface area contributed by atoms with Crippen LogP contribution in [0.2, 0.25) is 5.02 Å². The minimum atomic E-state index is -4.18. The number of aromatic nitrogens is 2. The van der Waals surface area contributed by atoms with Crippen LogP contribution in [0.25, 0.3) is 5.69 Å². The number of carbonyl (C=O) groups is 1. The number of hydrogen-bond donors (Lipinski definition) is 1. The van der Waals surface area contributed by atoms with Crippen molar-refractivity contribution in [3.8, 4) is 17.3 Å². The number of nitrogens with one attached hydrogen (secondary N) is 1. The fourth-order valence-corrected chi connectivity index (χ4v) is 5.65. The van der Waals surface area contributed by atoms with Crippen molar-refractivity contribution in [2.24, 2.45) is 0 Å². The highest BCUT2D eigenvalue weighted by molar-refractivity contribution is 7.89. The van der Waals surface area contributed by atoms with Gasteiger partial charge in [-0.25, -0.2) is 8.42 Å². The smallest absolute Gasteiger partial charge is 0.272 e. The molecule has 0 unspecified atom stereocenters. The fourth-order valence-electron chi connectivity index (χ4n) is 3.98. The van der Waals surface area contributed by atoms with E-state index in [0.717, 1.165) is 25.0 Å². The maximum atomic E-state index is 13.6. The van der Waals surface area contributed by atoms with Gasteiger partial charge in [0, 0.05) is 41.9 Å². The van der Waals surface area contributed by atoms with Gasteiger partial charge in [0.2, 0.25) is 15.9 Å². The van der Waals surface area contributed by atoms with E-state index in [2.05, 4.69) is 10.4 Å². The molecule has 2 fully saturated rings. The van der Waals surface area contributed by atoms with Crippen LogP contribution >= 0.6 is 11.6 Å². The number of nitrogens with zero attached hydrogens (tertiary/aromatic N) is 4. The summed E-state index contributed by atoms with van der Waals surface area (Å²) in [6.07, 6.45) is 1.77. The number of benzene rings is 2. The maximum absolute atomic E-state index is 13.6. The molecule has 1 aliphatic carbocycles. The van der Waals surface area contributed by atoms with E-state index in [9.17, 15) is 23.3 Å². The molecule has 12 nitrogen and oxygen atoms in total. The van der Waals surface area contributed by atoms with Gasteiger partial charge in [0.05, 0.1) is 23.8 Å². The van der Waals surface area contributed by atoms with E-state index < -0.39 is 20.6 Å². The molecule has 2 heterocycles. The Bertz CT molecular complexity index is 1500. The Kier molecular flexibility index (Phi) is 7.09. The van der Waals surface area contributed by atoms with Crippen LogP contribution in [0.1, 0.15) is 28.9 Å². The average molecular weight is 562 g/mol. The third kappa shape index (κ3) is 5.23. The number of non-ortho nitro benzene ring substituents is 1. The number of hydrogen-bond acceptors (Lipinski definition) is 8. The summed E-state index contributed by atoms with van der Waals surface area (Å²) in [5.41, 5.74) is 0.585. The van der Waals surface area contributed by atoms with Crippen molar-refractivity contribution in [3.05, 3.63) is 68.9 Å². The summed E-state index contributed by atoms with van der Waals surface area (Å²) < 4.78 is 41.1. The van der Waals surface area contributed by atoms with Crippen molar-refractivity contribution in [1.29, 1.82) is 0 Å². The van der Waals surface area contributed by atoms with Gasteiger partial charge in [0.25, 0.3) is 11.6 Å². The molecule has 0 atom stereocenters. The zero-order valence-corrected chi connectivity index (χ0v) is 21.9. The number of sulfonamides is 1. The highest BCUT2D eigenvalue weighted by atomic mass is 35.5. The van der Waals surface area contributed by atoms with E-state index in [0.29, 0.717) is 16.3 Å². The molecule has 1 amide bonds. The van der Waals surface area contributed by atoms with Crippen molar-refractivity contribution in [2.45, 2.75) is 30.7 Å². The summed E-state index contributed by atoms with van der Waals surface area (Å²) in [7, 11) is -4.18. The van der Waals surface area contributed by atoms with Gasteiger partial charge in [0.1, 0.15) is 10.6 Å². The van der Waals surface area contributed by atoms with Crippen molar-refractivity contribution < 1.29 is 27.6 Å². The van der Waals surface area contributed by atoms with Crippen LogP contribution in [0.15, 0.2) is 47.4 Å². The number of morpholine rings is 1. The molecule has 0 radical (unpaired) electrons. The fraction of sp³-hybridized carbons (Fsp3) is 0.333. The Balaban J connectivity index is 1.62. The van der Waals surface area contributed by atoms with E-state index >= 15 is 0 Å². The molecule has 1 saturated carbocycles. The summed E-state index contributed by atoms with van der Waals surface area (Å²) in [5.74, 6) is -0.442. The van der Waals surface area contributed by atoms with Gasteiger partial charge in [-0.1, -0.05) is 11.6 Å². The van der Waals surface area contributed by atoms with Gasteiger partial charge in [-0.3, -0.25) is 14.9 Å². The molecule has 1 saturated heterocycles. The molecular formula is C24H24ClN5O7S. The zero-order valence-electron chi connectivity index (χ0n) is 20.3. The van der Waals surface area contributed by atoms with E-state index in [-0.39, 0.29) is 60.5 Å². The topological polar surface area (TPSA) is 146 Å². The standard InChI is InChI=1S/C24H24ClN5O7S/c1-15-22(23(31)26-17-4-5-17)27-29(18-6-2-16(25)3-7-18)24(15)37-20-9-8-19(30(32)33)14-21(20)38(34,35)28-10-12-36-13-11-28/h2-3,6-9,14,17H,4-5,10-13H2,1H3,(H,26,31). The summed E-state index contributed by atoms with van der Waals surface area (Å²) in [4.78, 5) is 23.4. The number of amides is 1. The van der Waals surface area contributed by atoms with Gasteiger partial charge in [-0.05, 0) is 50.1 Å². The lowest BCUT2D eigenvalue weighted by Gasteiger charge is -2.26. The first kappa shape index (κ1) is 26.1. The molecule has 0 bridgehead atoms. The van der Waals surface area contributed by atoms with Crippen LogP contribution in [0, 0.1) is 17.0 Å². The number of nitro groups is 1. The number of nitro benzene ring substituents is 1. The van der Waals surface area contributed by atoms with Gasteiger partial charge in [-0.2, -0.15) is 14.1 Å². The quantitative estimate of drug-likeness (QED) is 0.325. The molecule has 5 rings (SSSR count). The first-order chi connectivity index (χ1) is 18.1. The largest absolute Gasteiger partial charge is 0.437 e. The van der Waals surface area contributed by atoms with Crippen molar-refractivity contribution in [3.63, 3.8) is 0 Å². The molecule has 2 aromatic carbocycles. The van der Waals surface area contributed by atoms with E-state index in [4.69, 9.17) is 21.1 Å². The highest BCUT2D eigenvalue weighted by Crippen LogP contribution is 2.37. The third-order valence-corrected chi connectivity index (χ3v) is 8.37. The molecule has 0 spiro atoms. The number of rotatable bonds is 8. The molecule has 14 heteroatoms. The van der Waals surface area contributed by atoms with Crippen molar-refractivity contribution in [2.75, 3.05) is 26.3 Å². The molecule has 38 heavy (non-hydrogen) atoms. The lowest BCUT2D eigenvalue weighted by atomic mass is 10.2. The second kappa shape index (κ2) is 10.3. The molecular weight excluding hydrogens is 538 g/mol. The first-order valence-corrected chi connectivity index (χ1v) is 13.7. The average Bonchev–Trinajstić information content (AvgIpc) is 3.67. The molecule has 1 N–H and O–H groups in total.